The van der Waals surface area contributed by atoms with Crippen molar-refractivity contribution < 1.29 is 4.79 Å². The molecule has 1 saturated heterocycles. The van der Waals surface area contributed by atoms with Crippen LogP contribution in [-0.2, 0) is 17.9 Å². The zero-order valence-electron chi connectivity index (χ0n) is 17.8. The number of para-hydroxylation sites is 1. The number of aromatic nitrogens is 2. The molecule has 0 atom stereocenters. The molecule has 1 fully saturated rings. The van der Waals surface area contributed by atoms with E-state index in [1.165, 1.54) is 29.5 Å². The van der Waals surface area contributed by atoms with Crippen molar-refractivity contribution in [3.8, 4) is 0 Å². The van der Waals surface area contributed by atoms with Crippen LogP contribution in [0.1, 0.15) is 31.2 Å². The van der Waals surface area contributed by atoms with Crippen LogP contribution in [0, 0.1) is 0 Å². The van der Waals surface area contributed by atoms with Gasteiger partial charge in [-0.2, -0.15) is 0 Å². The minimum atomic E-state index is -0.493. The molecule has 0 saturated carbocycles. The number of carbonyl (C=O) groups is 1. The fraction of sp³-hybridized carbons (Fsp3) is 0.375. The van der Waals surface area contributed by atoms with Crippen molar-refractivity contribution in [1.29, 1.82) is 0 Å². The molecule has 0 spiro atoms. The van der Waals surface area contributed by atoms with Crippen LogP contribution in [0.25, 0.3) is 10.9 Å². The minimum Gasteiger partial charge on any atom is -0.372 e. The Morgan fingerprint density at radius 2 is 1.71 bits per heavy atom. The lowest BCUT2D eigenvalue weighted by Crippen LogP contribution is -2.33. The average Bonchev–Trinajstić information content (AvgIpc) is 2.80. The molecule has 1 aliphatic rings. The lowest BCUT2D eigenvalue weighted by Gasteiger charge is -2.29. The predicted molar refractivity (Wildman–Crippen MR) is 122 cm³/mol. The summed E-state index contributed by atoms with van der Waals surface area (Å²) in [6.45, 7) is 2.95. The molecule has 2 heterocycles. The molecule has 31 heavy (non-hydrogen) atoms. The highest BCUT2D eigenvalue weighted by Gasteiger charge is 2.14. The van der Waals surface area contributed by atoms with Gasteiger partial charge < -0.3 is 9.80 Å². The molecule has 1 aromatic heterocycles. The highest BCUT2D eigenvalue weighted by atomic mass is 16.2. The highest BCUT2D eigenvalue weighted by Crippen LogP contribution is 2.20. The molecule has 162 valence electrons. The van der Waals surface area contributed by atoms with Crippen LogP contribution in [0.4, 0.5) is 5.69 Å². The van der Waals surface area contributed by atoms with Crippen molar-refractivity contribution in [1.82, 2.24) is 14.5 Å². The quantitative estimate of drug-likeness (QED) is 0.665. The normalized spacial score (nSPS) is 14.0. The number of benzene rings is 2. The molecule has 0 bridgehead atoms. The summed E-state index contributed by atoms with van der Waals surface area (Å²) in [6.07, 6.45) is 3.97. The monoisotopic (exact) mass is 420 g/mol. The SMILES string of the molecule is CN(Cc1ccc(N2CCCCC2)cc1)C(=O)CCn1c(=O)[nH]c(=O)c2ccccc21. The Hall–Kier alpha value is -3.35. The number of carbonyl (C=O) groups excluding carboxylic acids is 1. The summed E-state index contributed by atoms with van der Waals surface area (Å²) in [5, 5.41) is 0.441. The first-order valence-corrected chi connectivity index (χ1v) is 10.8. The second kappa shape index (κ2) is 9.20. The predicted octanol–water partition coefficient (Wildman–Crippen LogP) is 2.73. The molecular weight excluding hydrogens is 392 g/mol. The van der Waals surface area contributed by atoms with E-state index in [0.717, 1.165) is 18.7 Å². The average molecular weight is 421 g/mol. The summed E-state index contributed by atoms with van der Waals surface area (Å²) in [5.41, 5.74) is 1.95. The molecule has 4 rings (SSSR count). The first kappa shape index (κ1) is 20.9. The van der Waals surface area contributed by atoms with Gasteiger partial charge in [0.25, 0.3) is 5.56 Å². The molecule has 1 aliphatic heterocycles. The number of aryl methyl sites for hydroxylation is 1. The fourth-order valence-corrected chi connectivity index (χ4v) is 4.19. The van der Waals surface area contributed by atoms with E-state index in [0.29, 0.717) is 17.4 Å². The molecule has 2 aromatic carbocycles. The Bertz CT molecular complexity index is 1170. The maximum atomic E-state index is 12.7. The molecule has 7 heteroatoms. The number of amides is 1. The lowest BCUT2D eigenvalue weighted by atomic mass is 10.1. The van der Waals surface area contributed by atoms with Crippen LogP contribution in [0.2, 0.25) is 0 Å². The van der Waals surface area contributed by atoms with E-state index >= 15 is 0 Å². The van der Waals surface area contributed by atoms with Crippen LogP contribution in [-0.4, -0.2) is 40.5 Å². The van der Waals surface area contributed by atoms with Gasteiger partial charge in [-0.3, -0.25) is 19.1 Å². The third-order valence-electron chi connectivity index (χ3n) is 5.96. The Balaban J connectivity index is 1.39. The Labute approximate surface area is 180 Å². The molecule has 0 aliphatic carbocycles. The van der Waals surface area contributed by atoms with Gasteiger partial charge in [0.1, 0.15) is 0 Å². The van der Waals surface area contributed by atoms with E-state index in [1.54, 1.807) is 36.2 Å². The summed E-state index contributed by atoms with van der Waals surface area (Å²) in [5.74, 6) is -0.0534. The van der Waals surface area contributed by atoms with Gasteiger partial charge in [0.05, 0.1) is 10.9 Å². The highest BCUT2D eigenvalue weighted by molar-refractivity contribution is 5.78. The molecule has 0 radical (unpaired) electrons. The van der Waals surface area contributed by atoms with E-state index in [4.69, 9.17) is 0 Å². The Morgan fingerprint density at radius 3 is 2.45 bits per heavy atom. The number of fused-ring (bicyclic) bond motifs is 1. The van der Waals surface area contributed by atoms with E-state index in [-0.39, 0.29) is 18.9 Å². The molecule has 1 amide bonds. The Morgan fingerprint density at radius 1 is 1.00 bits per heavy atom. The van der Waals surface area contributed by atoms with Crippen LogP contribution >= 0.6 is 0 Å². The zero-order chi connectivity index (χ0) is 21.8. The lowest BCUT2D eigenvalue weighted by molar-refractivity contribution is -0.130. The maximum Gasteiger partial charge on any atom is 0.328 e. The van der Waals surface area contributed by atoms with Gasteiger partial charge >= 0.3 is 5.69 Å². The van der Waals surface area contributed by atoms with Crippen LogP contribution in [0.15, 0.2) is 58.1 Å². The first-order valence-electron chi connectivity index (χ1n) is 10.8. The van der Waals surface area contributed by atoms with Crippen molar-refractivity contribution >= 4 is 22.5 Å². The van der Waals surface area contributed by atoms with Crippen molar-refractivity contribution in [3.05, 3.63) is 74.9 Å². The first-order chi connectivity index (χ1) is 15.0. The van der Waals surface area contributed by atoms with Gasteiger partial charge in [0, 0.05) is 45.3 Å². The summed E-state index contributed by atoms with van der Waals surface area (Å²) in [6, 6.07) is 15.3. The number of nitrogens with zero attached hydrogens (tertiary/aromatic N) is 3. The molecule has 3 aromatic rings. The summed E-state index contributed by atoms with van der Waals surface area (Å²) in [7, 11) is 1.77. The topological polar surface area (TPSA) is 78.4 Å². The van der Waals surface area contributed by atoms with Crippen molar-refractivity contribution in [3.63, 3.8) is 0 Å². The smallest absolute Gasteiger partial charge is 0.328 e. The number of rotatable bonds is 6. The second-order valence-corrected chi connectivity index (χ2v) is 8.14. The number of H-pyrrole nitrogens is 1. The number of hydrogen-bond donors (Lipinski definition) is 1. The van der Waals surface area contributed by atoms with Gasteiger partial charge in [0.2, 0.25) is 5.91 Å². The molecular formula is C24H28N4O3. The minimum absolute atomic E-state index is 0.0534. The van der Waals surface area contributed by atoms with Crippen LogP contribution < -0.4 is 16.1 Å². The van der Waals surface area contributed by atoms with E-state index in [2.05, 4.69) is 34.1 Å². The zero-order valence-corrected chi connectivity index (χ0v) is 17.8. The van der Waals surface area contributed by atoms with Crippen molar-refractivity contribution in [2.24, 2.45) is 0 Å². The van der Waals surface area contributed by atoms with E-state index < -0.39 is 11.2 Å². The standard InChI is InChI=1S/C24H28N4O3/c1-26(17-18-9-11-19(12-10-18)27-14-5-2-6-15-27)22(29)13-16-28-21-8-4-3-7-20(21)23(30)25-24(28)31/h3-4,7-12H,2,5-6,13-17H2,1H3,(H,25,30,31). The van der Waals surface area contributed by atoms with Gasteiger partial charge in [0.15, 0.2) is 0 Å². The maximum absolute atomic E-state index is 12.7. The molecule has 1 N–H and O–H groups in total. The Kier molecular flexibility index (Phi) is 6.21. The summed E-state index contributed by atoms with van der Waals surface area (Å²) >= 11 is 0. The van der Waals surface area contributed by atoms with Gasteiger partial charge in [-0.25, -0.2) is 4.79 Å². The number of anilines is 1. The third kappa shape index (κ3) is 4.71. The van der Waals surface area contributed by atoms with E-state index in [1.807, 2.05) is 0 Å². The van der Waals surface area contributed by atoms with Gasteiger partial charge in [-0.05, 0) is 49.1 Å². The van der Waals surface area contributed by atoms with Gasteiger partial charge in [-0.1, -0.05) is 24.3 Å². The number of piperidine rings is 1. The van der Waals surface area contributed by atoms with Crippen LogP contribution in [0.3, 0.4) is 0 Å². The van der Waals surface area contributed by atoms with Crippen molar-refractivity contribution in [2.75, 3.05) is 25.0 Å². The second-order valence-electron chi connectivity index (χ2n) is 8.14. The summed E-state index contributed by atoms with van der Waals surface area (Å²) < 4.78 is 1.45. The molecule has 7 nitrogen and oxygen atoms in total. The van der Waals surface area contributed by atoms with Gasteiger partial charge in [-0.15, -0.1) is 0 Å². The third-order valence-corrected chi connectivity index (χ3v) is 5.96. The van der Waals surface area contributed by atoms with Crippen LogP contribution in [0.5, 0.6) is 0 Å². The van der Waals surface area contributed by atoms with Crippen molar-refractivity contribution in [2.45, 2.75) is 38.8 Å². The summed E-state index contributed by atoms with van der Waals surface area (Å²) in [4.78, 5) is 43.3. The fourth-order valence-electron chi connectivity index (χ4n) is 4.19. The largest absolute Gasteiger partial charge is 0.372 e. The molecule has 0 unspecified atom stereocenters. The number of aromatic amines is 1. The number of hydrogen-bond acceptors (Lipinski definition) is 4. The number of nitrogens with one attached hydrogen (secondary N) is 1. The van der Waals surface area contributed by atoms with E-state index in [9.17, 15) is 14.4 Å².